The van der Waals surface area contributed by atoms with Crippen LogP contribution in [0, 0.1) is 5.92 Å². The molecule has 0 N–H and O–H groups in total. The van der Waals surface area contributed by atoms with Crippen LogP contribution in [0.2, 0.25) is 0 Å². The maximum absolute atomic E-state index is 12.8. The Morgan fingerprint density at radius 1 is 0.533 bits per heavy atom. The second-order valence-corrected chi connectivity index (χ2v) is 11.8. The molecule has 0 amide bonds. The van der Waals surface area contributed by atoms with Crippen molar-refractivity contribution >= 4 is 5.97 Å². The third-order valence-electron chi connectivity index (χ3n) is 8.85. The summed E-state index contributed by atoms with van der Waals surface area (Å²) in [6, 6.07) is 50.8. The van der Waals surface area contributed by atoms with Crippen molar-refractivity contribution < 1.29 is 14.3 Å². The van der Waals surface area contributed by atoms with Gasteiger partial charge in [0.2, 0.25) is 0 Å². The van der Waals surface area contributed by atoms with E-state index in [9.17, 15) is 4.79 Å². The first-order valence-corrected chi connectivity index (χ1v) is 15.4. The summed E-state index contributed by atoms with van der Waals surface area (Å²) in [5.74, 6) is 0.872. The Hall–Kier alpha value is -5.41. The van der Waals surface area contributed by atoms with Crippen LogP contribution in [0.4, 0.5) is 0 Å². The minimum Gasteiger partial charge on any atom is -0.496 e. The van der Waals surface area contributed by atoms with Crippen molar-refractivity contribution in [2.45, 2.75) is 19.3 Å². The molecule has 0 aromatic heterocycles. The number of carbonyl (C=O) groups excluding carboxylic acids is 1. The number of carbonyl (C=O) groups is 1. The van der Waals surface area contributed by atoms with Gasteiger partial charge in [0.15, 0.2) is 0 Å². The number of esters is 1. The second-order valence-electron chi connectivity index (χ2n) is 11.8. The fourth-order valence-corrected chi connectivity index (χ4v) is 6.73. The Labute approximate surface area is 264 Å². The maximum Gasteiger partial charge on any atom is 0.313 e. The topological polar surface area (TPSA) is 35.5 Å². The lowest BCUT2D eigenvalue weighted by Crippen LogP contribution is -2.29. The smallest absolute Gasteiger partial charge is 0.313 e. The molecule has 1 aliphatic carbocycles. The number of methoxy groups -OCH3 is 1. The van der Waals surface area contributed by atoms with Crippen molar-refractivity contribution in [3.63, 3.8) is 0 Å². The first-order valence-electron chi connectivity index (χ1n) is 15.4. The highest BCUT2D eigenvalue weighted by Gasteiger charge is 2.46. The van der Waals surface area contributed by atoms with E-state index in [-0.39, 0.29) is 11.9 Å². The Morgan fingerprint density at radius 2 is 0.978 bits per heavy atom. The summed E-state index contributed by atoms with van der Waals surface area (Å²) in [5, 5.41) is 0. The average Bonchev–Trinajstić information content (AvgIpc) is 3.40. The van der Waals surface area contributed by atoms with Gasteiger partial charge in [-0.3, -0.25) is 4.79 Å². The SMILES string of the molecule is COc1ccc(C2(c3ccc(OC(=O)C(C)C)c(-c4ccccc4)c3)c3ccccc3-c3ccccc32)cc1-c1ccccc1. The minimum atomic E-state index is -0.646. The first-order chi connectivity index (χ1) is 22.0. The van der Waals surface area contributed by atoms with Gasteiger partial charge in [0.05, 0.1) is 18.4 Å². The van der Waals surface area contributed by atoms with E-state index in [1.807, 2.05) is 44.2 Å². The van der Waals surface area contributed by atoms with Crippen molar-refractivity contribution in [3.8, 4) is 44.9 Å². The van der Waals surface area contributed by atoms with Crippen LogP contribution < -0.4 is 9.47 Å². The van der Waals surface area contributed by atoms with E-state index in [4.69, 9.17) is 9.47 Å². The van der Waals surface area contributed by atoms with E-state index in [0.29, 0.717) is 5.75 Å². The van der Waals surface area contributed by atoms with Crippen molar-refractivity contribution in [2.75, 3.05) is 7.11 Å². The molecule has 0 saturated heterocycles. The van der Waals surface area contributed by atoms with Crippen LogP contribution in [0.1, 0.15) is 36.1 Å². The van der Waals surface area contributed by atoms with E-state index < -0.39 is 5.41 Å². The Bertz CT molecular complexity index is 1960. The maximum atomic E-state index is 12.8. The summed E-state index contributed by atoms with van der Waals surface area (Å²) >= 11 is 0. The van der Waals surface area contributed by atoms with Crippen LogP contribution in [0.15, 0.2) is 146 Å². The van der Waals surface area contributed by atoms with Gasteiger partial charge in [-0.2, -0.15) is 0 Å². The van der Waals surface area contributed by atoms with Gasteiger partial charge < -0.3 is 9.47 Å². The molecule has 3 heteroatoms. The summed E-state index contributed by atoms with van der Waals surface area (Å²) in [4.78, 5) is 12.8. The Balaban J connectivity index is 1.56. The zero-order valence-corrected chi connectivity index (χ0v) is 25.7. The fourth-order valence-electron chi connectivity index (χ4n) is 6.73. The molecule has 0 atom stereocenters. The van der Waals surface area contributed by atoms with Crippen LogP contribution in [0.25, 0.3) is 33.4 Å². The molecule has 0 fully saturated rings. The molecule has 3 nitrogen and oxygen atoms in total. The third kappa shape index (κ3) is 4.72. The molecule has 0 spiro atoms. The molecule has 45 heavy (non-hydrogen) atoms. The number of hydrogen-bond acceptors (Lipinski definition) is 3. The highest BCUT2D eigenvalue weighted by molar-refractivity contribution is 5.88. The quantitative estimate of drug-likeness (QED) is 0.138. The van der Waals surface area contributed by atoms with Gasteiger partial charge in [-0.15, -0.1) is 0 Å². The van der Waals surface area contributed by atoms with Crippen LogP contribution in [0.5, 0.6) is 11.5 Å². The molecule has 6 aromatic carbocycles. The summed E-state index contributed by atoms with van der Waals surface area (Å²) in [7, 11) is 1.72. The lowest BCUT2D eigenvalue weighted by molar-refractivity contribution is -0.137. The van der Waals surface area contributed by atoms with E-state index in [2.05, 4.69) is 115 Å². The first kappa shape index (κ1) is 28.4. The molecular formula is C42H34O3. The van der Waals surface area contributed by atoms with E-state index >= 15 is 0 Å². The van der Waals surface area contributed by atoms with Gasteiger partial charge in [-0.1, -0.05) is 135 Å². The minimum absolute atomic E-state index is 0.246. The predicted octanol–water partition coefficient (Wildman–Crippen LogP) is 9.95. The van der Waals surface area contributed by atoms with Crippen molar-refractivity contribution in [3.05, 3.63) is 168 Å². The summed E-state index contributed by atoms with van der Waals surface area (Å²) in [5.41, 5.74) is 10.4. The molecule has 0 bridgehead atoms. The average molecular weight is 587 g/mol. The lowest BCUT2D eigenvalue weighted by atomic mass is 9.67. The van der Waals surface area contributed by atoms with Crippen LogP contribution >= 0.6 is 0 Å². The van der Waals surface area contributed by atoms with E-state index in [1.165, 1.54) is 22.3 Å². The molecule has 0 heterocycles. The van der Waals surface area contributed by atoms with Gasteiger partial charge in [-0.25, -0.2) is 0 Å². The lowest BCUT2D eigenvalue weighted by Gasteiger charge is -2.35. The number of rotatable bonds is 7. The standard InChI is InChI=1S/C42H34O3/c1-28(2)41(43)45-40-25-23-32(27-36(40)30-16-8-5-9-17-30)42(37-20-12-10-18-33(37)34-19-11-13-21-38(34)42)31-22-24-39(44-3)35(26-31)29-14-6-4-7-15-29/h4-28H,1-3H3. The number of ether oxygens (including phenoxy) is 2. The zero-order valence-electron chi connectivity index (χ0n) is 25.7. The highest BCUT2D eigenvalue weighted by Crippen LogP contribution is 2.57. The third-order valence-corrected chi connectivity index (χ3v) is 8.85. The highest BCUT2D eigenvalue weighted by atomic mass is 16.5. The molecule has 0 radical (unpaired) electrons. The summed E-state index contributed by atoms with van der Waals surface area (Å²) < 4.78 is 11.9. The van der Waals surface area contributed by atoms with E-state index in [1.54, 1.807) is 7.11 Å². The number of hydrogen-bond donors (Lipinski definition) is 0. The molecule has 0 saturated carbocycles. The largest absolute Gasteiger partial charge is 0.496 e. The second kappa shape index (κ2) is 11.6. The summed E-state index contributed by atoms with van der Waals surface area (Å²) in [6.45, 7) is 3.71. The van der Waals surface area contributed by atoms with Gasteiger partial charge in [0, 0.05) is 11.1 Å². The van der Waals surface area contributed by atoms with Crippen LogP contribution in [-0.4, -0.2) is 13.1 Å². The molecule has 220 valence electrons. The van der Waals surface area contributed by atoms with Crippen molar-refractivity contribution in [2.24, 2.45) is 5.92 Å². The fraction of sp³-hybridized carbons (Fsp3) is 0.119. The Morgan fingerprint density at radius 3 is 1.47 bits per heavy atom. The molecule has 1 aliphatic rings. The van der Waals surface area contributed by atoms with Crippen LogP contribution in [-0.2, 0) is 10.2 Å². The van der Waals surface area contributed by atoms with Crippen molar-refractivity contribution in [1.82, 2.24) is 0 Å². The molecule has 6 aromatic rings. The van der Waals surface area contributed by atoms with Crippen LogP contribution in [0.3, 0.4) is 0 Å². The Kier molecular flexibility index (Phi) is 7.31. The van der Waals surface area contributed by atoms with E-state index in [0.717, 1.165) is 39.1 Å². The predicted molar refractivity (Wildman–Crippen MR) is 182 cm³/mol. The zero-order chi connectivity index (χ0) is 31.0. The number of benzene rings is 6. The van der Waals surface area contributed by atoms with Crippen molar-refractivity contribution in [1.29, 1.82) is 0 Å². The van der Waals surface area contributed by atoms with Gasteiger partial charge >= 0.3 is 5.97 Å². The van der Waals surface area contributed by atoms with Gasteiger partial charge in [-0.05, 0) is 68.8 Å². The molecule has 0 aliphatic heterocycles. The van der Waals surface area contributed by atoms with Gasteiger partial charge in [0.1, 0.15) is 11.5 Å². The normalized spacial score (nSPS) is 12.8. The summed E-state index contributed by atoms with van der Waals surface area (Å²) in [6.07, 6.45) is 0. The van der Waals surface area contributed by atoms with Gasteiger partial charge in [0.25, 0.3) is 0 Å². The molecular weight excluding hydrogens is 552 g/mol. The monoisotopic (exact) mass is 586 g/mol. The number of fused-ring (bicyclic) bond motifs is 3. The molecule has 0 unspecified atom stereocenters. The molecule has 7 rings (SSSR count).